The lowest BCUT2D eigenvalue weighted by Crippen LogP contribution is -2.38. The van der Waals surface area contributed by atoms with E-state index < -0.39 is 5.82 Å². The van der Waals surface area contributed by atoms with Crippen LogP contribution >= 0.6 is 11.3 Å². The first-order chi connectivity index (χ1) is 11.6. The molecular formula is C18H19FN2O2S. The van der Waals surface area contributed by atoms with E-state index >= 15 is 0 Å². The van der Waals surface area contributed by atoms with Gasteiger partial charge in [-0.15, -0.1) is 0 Å². The summed E-state index contributed by atoms with van der Waals surface area (Å²) < 4.78 is 13.3. The zero-order valence-corrected chi connectivity index (χ0v) is 14.1. The lowest BCUT2D eigenvalue weighted by Gasteiger charge is -2.22. The van der Waals surface area contributed by atoms with Crippen molar-refractivity contribution >= 4 is 23.2 Å². The lowest BCUT2D eigenvalue weighted by molar-refractivity contribution is -0.130. The third-order valence-corrected chi connectivity index (χ3v) is 4.87. The summed E-state index contributed by atoms with van der Waals surface area (Å²) in [6, 6.07) is 7.70. The Labute approximate surface area is 144 Å². The Kier molecular flexibility index (Phi) is 5.25. The van der Waals surface area contributed by atoms with Gasteiger partial charge in [0.2, 0.25) is 5.91 Å². The molecule has 0 radical (unpaired) electrons. The molecule has 0 unspecified atom stereocenters. The number of thiophene rings is 1. The van der Waals surface area contributed by atoms with Gasteiger partial charge in [-0.25, -0.2) is 4.39 Å². The number of amides is 2. The number of benzene rings is 1. The standard InChI is InChI=1S/C18H19FN2O2S/c19-16-4-1-3-15(12-16)18(23)21-7-2-6-20(8-9-21)17(22)11-14-5-10-24-13-14/h1,3-5,10,12-13H,2,6-9,11H2. The van der Waals surface area contributed by atoms with Crippen molar-refractivity contribution in [3.63, 3.8) is 0 Å². The molecule has 2 heterocycles. The number of hydrogen-bond acceptors (Lipinski definition) is 3. The van der Waals surface area contributed by atoms with E-state index in [1.54, 1.807) is 22.3 Å². The predicted octanol–water partition coefficient (Wildman–Crippen LogP) is 2.80. The molecule has 3 rings (SSSR count). The summed E-state index contributed by atoms with van der Waals surface area (Å²) in [6.45, 7) is 2.22. The Balaban J connectivity index is 1.60. The Morgan fingerprint density at radius 1 is 1.08 bits per heavy atom. The fourth-order valence-electron chi connectivity index (χ4n) is 2.85. The van der Waals surface area contributed by atoms with Crippen LogP contribution in [-0.4, -0.2) is 47.8 Å². The monoisotopic (exact) mass is 346 g/mol. The smallest absolute Gasteiger partial charge is 0.254 e. The quantitative estimate of drug-likeness (QED) is 0.857. The van der Waals surface area contributed by atoms with E-state index in [1.165, 1.54) is 18.2 Å². The molecule has 0 spiro atoms. The Morgan fingerprint density at radius 3 is 2.62 bits per heavy atom. The maximum Gasteiger partial charge on any atom is 0.254 e. The summed E-state index contributed by atoms with van der Waals surface area (Å²) in [6.07, 6.45) is 1.14. The predicted molar refractivity (Wildman–Crippen MR) is 91.5 cm³/mol. The number of rotatable bonds is 3. The molecule has 0 bridgehead atoms. The zero-order chi connectivity index (χ0) is 16.9. The largest absolute Gasteiger partial charge is 0.341 e. The molecule has 0 aliphatic carbocycles. The van der Waals surface area contributed by atoms with Crippen molar-refractivity contribution < 1.29 is 14.0 Å². The minimum absolute atomic E-state index is 0.0912. The van der Waals surface area contributed by atoms with Crippen molar-refractivity contribution in [2.24, 2.45) is 0 Å². The molecule has 4 nitrogen and oxygen atoms in total. The van der Waals surface area contributed by atoms with Crippen LogP contribution in [0, 0.1) is 5.82 Å². The normalized spacial score (nSPS) is 15.2. The van der Waals surface area contributed by atoms with Crippen molar-refractivity contribution in [3.8, 4) is 0 Å². The van der Waals surface area contributed by atoms with Crippen molar-refractivity contribution in [2.45, 2.75) is 12.8 Å². The molecule has 6 heteroatoms. The number of carbonyl (C=O) groups is 2. The van der Waals surface area contributed by atoms with E-state index in [9.17, 15) is 14.0 Å². The second-order valence-corrected chi connectivity index (χ2v) is 6.63. The molecule has 1 saturated heterocycles. The molecule has 24 heavy (non-hydrogen) atoms. The summed E-state index contributed by atoms with van der Waals surface area (Å²) in [5, 5.41) is 3.94. The maximum absolute atomic E-state index is 13.3. The number of carbonyl (C=O) groups excluding carboxylic acids is 2. The summed E-state index contributed by atoms with van der Waals surface area (Å²) in [5.74, 6) is -0.502. The maximum atomic E-state index is 13.3. The van der Waals surface area contributed by atoms with Gasteiger partial charge in [-0.3, -0.25) is 9.59 Å². The van der Waals surface area contributed by atoms with Gasteiger partial charge in [-0.05, 0) is 47.0 Å². The van der Waals surface area contributed by atoms with Crippen LogP contribution in [0.3, 0.4) is 0 Å². The number of nitrogens with zero attached hydrogens (tertiary/aromatic N) is 2. The molecule has 1 aliphatic heterocycles. The van der Waals surface area contributed by atoms with E-state index in [2.05, 4.69) is 0 Å². The van der Waals surface area contributed by atoms with Crippen LogP contribution in [0.25, 0.3) is 0 Å². The van der Waals surface area contributed by atoms with Gasteiger partial charge in [0.15, 0.2) is 0 Å². The molecule has 1 fully saturated rings. The zero-order valence-electron chi connectivity index (χ0n) is 13.3. The molecule has 0 N–H and O–H groups in total. The van der Waals surface area contributed by atoms with E-state index in [4.69, 9.17) is 0 Å². The van der Waals surface area contributed by atoms with Gasteiger partial charge in [0.25, 0.3) is 5.91 Å². The first kappa shape index (κ1) is 16.6. The summed E-state index contributed by atoms with van der Waals surface area (Å²) in [7, 11) is 0. The van der Waals surface area contributed by atoms with Crippen molar-refractivity contribution in [2.75, 3.05) is 26.2 Å². The Bertz CT molecular complexity index is 718. The van der Waals surface area contributed by atoms with Crippen LogP contribution in [0.15, 0.2) is 41.1 Å². The van der Waals surface area contributed by atoms with Crippen molar-refractivity contribution in [1.29, 1.82) is 0 Å². The highest BCUT2D eigenvalue weighted by Gasteiger charge is 2.23. The molecule has 1 aromatic carbocycles. The van der Waals surface area contributed by atoms with Gasteiger partial charge >= 0.3 is 0 Å². The molecular weight excluding hydrogens is 327 g/mol. The van der Waals surface area contributed by atoms with E-state index in [0.717, 1.165) is 12.0 Å². The third kappa shape index (κ3) is 4.00. The highest BCUT2D eigenvalue weighted by atomic mass is 32.1. The van der Waals surface area contributed by atoms with Crippen LogP contribution in [0.1, 0.15) is 22.3 Å². The van der Waals surface area contributed by atoms with Crippen molar-refractivity contribution in [3.05, 3.63) is 58.0 Å². The van der Waals surface area contributed by atoms with Crippen LogP contribution in [0.2, 0.25) is 0 Å². The van der Waals surface area contributed by atoms with E-state index in [1.807, 2.05) is 21.7 Å². The summed E-state index contributed by atoms with van der Waals surface area (Å²) in [5.41, 5.74) is 1.38. The van der Waals surface area contributed by atoms with E-state index in [-0.39, 0.29) is 11.8 Å². The highest BCUT2D eigenvalue weighted by molar-refractivity contribution is 7.08. The van der Waals surface area contributed by atoms with Gasteiger partial charge in [0.1, 0.15) is 5.82 Å². The van der Waals surface area contributed by atoms with E-state index in [0.29, 0.717) is 38.2 Å². The number of hydrogen-bond donors (Lipinski definition) is 0. The molecule has 2 amide bonds. The van der Waals surface area contributed by atoms with Gasteiger partial charge in [-0.2, -0.15) is 11.3 Å². The Hall–Kier alpha value is -2.21. The minimum atomic E-state index is -0.414. The summed E-state index contributed by atoms with van der Waals surface area (Å²) >= 11 is 1.58. The molecule has 0 atom stereocenters. The lowest BCUT2D eigenvalue weighted by atomic mass is 10.2. The van der Waals surface area contributed by atoms with Gasteiger partial charge in [-0.1, -0.05) is 6.07 Å². The third-order valence-electron chi connectivity index (χ3n) is 4.14. The SMILES string of the molecule is O=C(Cc1ccsc1)N1CCCN(C(=O)c2cccc(F)c2)CC1. The van der Waals surface area contributed by atoms with Crippen LogP contribution in [0.4, 0.5) is 4.39 Å². The van der Waals surface area contributed by atoms with Crippen LogP contribution in [0.5, 0.6) is 0 Å². The molecule has 1 aromatic heterocycles. The first-order valence-corrected chi connectivity index (χ1v) is 8.91. The summed E-state index contributed by atoms with van der Waals surface area (Å²) in [4.78, 5) is 28.4. The van der Waals surface area contributed by atoms with Crippen molar-refractivity contribution in [1.82, 2.24) is 9.80 Å². The molecule has 1 aliphatic rings. The van der Waals surface area contributed by atoms with Gasteiger partial charge in [0.05, 0.1) is 6.42 Å². The topological polar surface area (TPSA) is 40.6 Å². The highest BCUT2D eigenvalue weighted by Crippen LogP contribution is 2.13. The average molecular weight is 346 g/mol. The van der Waals surface area contributed by atoms with Gasteiger partial charge in [0, 0.05) is 31.7 Å². The minimum Gasteiger partial charge on any atom is -0.341 e. The molecule has 126 valence electrons. The fourth-order valence-corrected chi connectivity index (χ4v) is 3.52. The van der Waals surface area contributed by atoms with Crippen LogP contribution in [-0.2, 0) is 11.2 Å². The second-order valence-electron chi connectivity index (χ2n) is 5.85. The van der Waals surface area contributed by atoms with Crippen LogP contribution < -0.4 is 0 Å². The van der Waals surface area contributed by atoms with Gasteiger partial charge < -0.3 is 9.80 Å². The average Bonchev–Trinajstić information content (AvgIpc) is 2.95. The fraction of sp³-hybridized carbons (Fsp3) is 0.333. The Morgan fingerprint density at radius 2 is 1.88 bits per heavy atom. The molecule has 0 saturated carbocycles. The number of halogens is 1. The first-order valence-electron chi connectivity index (χ1n) is 7.97. The molecule has 2 aromatic rings. The second kappa shape index (κ2) is 7.57.